The molecular weight excluding hydrogens is 234 g/mol. The third-order valence-corrected chi connectivity index (χ3v) is 3.89. The van der Waals surface area contributed by atoms with E-state index in [2.05, 4.69) is 42.2 Å². The van der Waals surface area contributed by atoms with Gasteiger partial charge in [-0.2, -0.15) is 0 Å². The molecule has 1 aromatic heterocycles. The first kappa shape index (κ1) is 12.4. The van der Waals surface area contributed by atoms with E-state index < -0.39 is 0 Å². The van der Waals surface area contributed by atoms with Gasteiger partial charge in [-0.1, -0.05) is 25.1 Å². The maximum Gasteiger partial charge on any atom is 0.132 e. The van der Waals surface area contributed by atoms with Crippen LogP contribution in [0.1, 0.15) is 18.9 Å². The summed E-state index contributed by atoms with van der Waals surface area (Å²) in [4.78, 5) is 7.28. The van der Waals surface area contributed by atoms with Gasteiger partial charge in [0.15, 0.2) is 0 Å². The van der Waals surface area contributed by atoms with Crippen molar-refractivity contribution in [3.05, 3.63) is 35.9 Å². The fourth-order valence-electron chi connectivity index (χ4n) is 2.80. The van der Waals surface area contributed by atoms with Crippen molar-refractivity contribution in [3.63, 3.8) is 0 Å². The van der Waals surface area contributed by atoms with Crippen molar-refractivity contribution in [3.8, 4) is 0 Å². The van der Waals surface area contributed by atoms with Crippen LogP contribution in [-0.4, -0.2) is 24.6 Å². The predicted molar refractivity (Wildman–Crippen MR) is 80.5 cm³/mol. The minimum Gasteiger partial charge on any atom is -0.356 e. The molecule has 0 spiro atoms. The van der Waals surface area contributed by atoms with Gasteiger partial charge in [0.2, 0.25) is 0 Å². The first-order valence-electron chi connectivity index (χ1n) is 7.11. The Hall–Kier alpha value is -1.61. The number of nitrogens with two attached hydrogens (primary N) is 1. The topological polar surface area (TPSA) is 42.1 Å². The first-order valence-corrected chi connectivity index (χ1v) is 7.11. The van der Waals surface area contributed by atoms with Crippen LogP contribution in [0.3, 0.4) is 0 Å². The van der Waals surface area contributed by atoms with Crippen molar-refractivity contribution in [1.29, 1.82) is 0 Å². The van der Waals surface area contributed by atoms with Gasteiger partial charge in [0.05, 0.1) is 5.52 Å². The molecule has 2 aromatic rings. The maximum atomic E-state index is 5.75. The number of hydrogen-bond acceptors (Lipinski definition) is 3. The highest BCUT2D eigenvalue weighted by atomic mass is 15.2. The maximum absolute atomic E-state index is 5.75. The number of rotatable bonds is 3. The summed E-state index contributed by atoms with van der Waals surface area (Å²) in [6.45, 7) is 5.05. The summed E-state index contributed by atoms with van der Waals surface area (Å²) >= 11 is 0. The molecule has 0 amide bonds. The number of para-hydroxylation sites is 1. The second kappa shape index (κ2) is 5.17. The Morgan fingerprint density at radius 1 is 1.37 bits per heavy atom. The van der Waals surface area contributed by atoms with Crippen LogP contribution < -0.4 is 10.6 Å². The number of pyridine rings is 1. The Balaban J connectivity index is 2.00. The molecule has 0 bridgehead atoms. The Morgan fingerprint density at radius 3 is 3.05 bits per heavy atom. The molecule has 1 aliphatic heterocycles. The Kier molecular flexibility index (Phi) is 3.38. The number of nitrogens with zero attached hydrogens (tertiary/aromatic N) is 2. The number of benzene rings is 1. The van der Waals surface area contributed by atoms with E-state index in [4.69, 9.17) is 10.7 Å². The normalized spacial score (nSPS) is 16.4. The molecule has 0 radical (unpaired) electrons. The number of hydrogen-bond donors (Lipinski definition) is 1. The minimum absolute atomic E-state index is 0.513. The van der Waals surface area contributed by atoms with Crippen molar-refractivity contribution < 1.29 is 0 Å². The number of fused-ring (bicyclic) bond motifs is 2. The summed E-state index contributed by atoms with van der Waals surface area (Å²) in [6, 6.07) is 10.7. The molecule has 3 heteroatoms. The standard InChI is InChI=1S/C16H21N3/c1-12(10-17)11-19-8-4-6-14-9-13-5-2-3-7-15(13)18-16(14)19/h2-3,5,7,9,12H,4,6,8,10-11,17H2,1H3. The third kappa shape index (κ3) is 2.43. The van der Waals surface area contributed by atoms with Gasteiger partial charge in [-0.25, -0.2) is 4.98 Å². The van der Waals surface area contributed by atoms with Crippen molar-refractivity contribution in [2.24, 2.45) is 11.7 Å². The molecular formula is C16H21N3. The van der Waals surface area contributed by atoms with E-state index in [-0.39, 0.29) is 0 Å². The lowest BCUT2D eigenvalue weighted by atomic mass is 10.0. The van der Waals surface area contributed by atoms with Crippen LogP contribution in [0.25, 0.3) is 10.9 Å². The highest BCUT2D eigenvalue weighted by Gasteiger charge is 2.20. The summed E-state index contributed by atoms with van der Waals surface area (Å²) in [5.74, 6) is 1.68. The molecule has 2 N–H and O–H groups in total. The molecule has 3 nitrogen and oxygen atoms in total. The van der Waals surface area contributed by atoms with Crippen LogP contribution in [-0.2, 0) is 6.42 Å². The van der Waals surface area contributed by atoms with Gasteiger partial charge in [0, 0.05) is 18.5 Å². The van der Waals surface area contributed by atoms with E-state index in [9.17, 15) is 0 Å². The quantitative estimate of drug-likeness (QED) is 0.916. The van der Waals surface area contributed by atoms with Gasteiger partial charge < -0.3 is 10.6 Å². The second-order valence-corrected chi connectivity index (χ2v) is 5.55. The molecule has 0 saturated heterocycles. The molecule has 0 saturated carbocycles. The second-order valence-electron chi connectivity index (χ2n) is 5.55. The van der Waals surface area contributed by atoms with Gasteiger partial charge in [0.25, 0.3) is 0 Å². The third-order valence-electron chi connectivity index (χ3n) is 3.89. The van der Waals surface area contributed by atoms with E-state index in [1.165, 1.54) is 23.2 Å². The van der Waals surface area contributed by atoms with Gasteiger partial charge in [-0.3, -0.25) is 0 Å². The predicted octanol–water partition coefficient (Wildman–Crippen LogP) is 2.58. The summed E-state index contributed by atoms with van der Waals surface area (Å²) in [5, 5.41) is 1.25. The lowest BCUT2D eigenvalue weighted by molar-refractivity contribution is 0.549. The van der Waals surface area contributed by atoms with Gasteiger partial charge >= 0.3 is 0 Å². The van der Waals surface area contributed by atoms with Crippen LogP contribution in [0.2, 0.25) is 0 Å². The summed E-state index contributed by atoms with van der Waals surface area (Å²) < 4.78 is 0. The van der Waals surface area contributed by atoms with Crippen LogP contribution >= 0.6 is 0 Å². The number of aryl methyl sites for hydroxylation is 1. The van der Waals surface area contributed by atoms with E-state index in [0.717, 1.165) is 31.6 Å². The Labute approximate surface area is 114 Å². The van der Waals surface area contributed by atoms with Crippen molar-refractivity contribution >= 4 is 16.7 Å². The zero-order chi connectivity index (χ0) is 13.2. The smallest absolute Gasteiger partial charge is 0.132 e. The van der Waals surface area contributed by atoms with E-state index >= 15 is 0 Å². The van der Waals surface area contributed by atoms with Crippen molar-refractivity contribution in [2.45, 2.75) is 19.8 Å². The molecule has 100 valence electrons. The summed E-state index contributed by atoms with van der Waals surface area (Å²) in [7, 11) is 0. The highest BCUT2D eigenvalue weighted by molar-refractivity contribution is 5.82. The van der Waals surface area contributed by atoms with Gasteiger partial charge in [-0.15, -0.1) is 0 Å². The fourth-order valence-corrected chi connectivity index (χ4v) is 2.80. The summed E-state index contributed by atoms with van der Waals surface area (Å²) in [5.41, 5.74) is 8.23. The van der Waals surface area contributed by atoms with Gasteiger partial charge in [-0.05, 0) is 43.0 Å². The first-order chi connectivity index (χ1) is 9.28. The van der Waals surface area contributed by atoms with E-state index in [1.807, 2.05) is 0 Å². The average molecular weight is 255 g/mol. The largest absolute Gasteiger partial charge is 0.356 e. The minimum atomic E-state index is 0.513. The Morgan fingerprint density at radius 2 is 2.21 bits per heavy atom. The molecule has 3 rings (SSSR count). The zero-order valence-electron chi connectivity index (χ0n) is 11.5. The van der Waals surface area contributed by atoms with Crippen molar-refractivity contribution in [1.82, 2.24) is 4.98 Å². The van der Waals surface area contributed by atoms with Gasteiger partial charge in [0.1, 0.15) is 5.82 Å². The monoisotopic (exact) mass is 255 g/mol. The molecule has 1 aliphatic rings. The molecule has 0 fully saturated rings. The van der Waals surface area contributed by atoms with Crippen molar-refractivity contribution in [2.75, 3.05) is 24.5 Å². The summed E-state index contributed by atoms with van der Waals surface area (Å²) in [6.07, 6.45) is 2.35. The number of aromatic nitrogens is 1. The molecule has 2 heterocycles. The van der Waals surface area contributed by atoms with E-state index in [0.29, 0.717) is 5.92 Å². The average Bonchev–Trinajstić information content (AvgIpc) is 2.45. The molecule has 1 unspecified atom stereocenters. The van der Waals surface area contributed by atoms with E-state index in [1.54, 1.807) is 0 Å². The van der Waals surface area contributed by atoms with Crippen LogP contribution in [0.15, 0.2) is 30.3 Å². The number of anilines is 1. The molecule has 0 aliphatic carbocycles. The molecule has 1 aromatic carbocycles. The molecule has 1 atom stereocenters. The van der Waals surface area contributed by atoms with Crippen LogP contribution in [0.5, 0.6) is 0 Å². The van der Waals surface area contributed by atoms with Crippen LogP contribution in [0, 0.1) is 5.92 Å². The zero-order valence-corrected chi connectivity index (χ0v) is 11.5. The SMILES string of the molecule is CC(CN)CN1CCCc2cc3ccccc3nc21. The Bertz CT molecular complexity index is 579. The molecule has 19 heavy (non-hydrogen) atoms. The lowest BCUT2D eigenvalue weighted by Crippen LogP contribution is -2.36. The van der Waals surface area contributed by atoms with Crippen LogP contribution in [0.4, 0.5) is 5.82 Å². The highest BCUT2D eigenvalue weighted by Crippen LogP contribution is 2.28. The lowest BCUT2D eigenvalue weighted by Gasteiger charge is -2.32. The fraction of sp³-hybridized carbons (Fsp3) is 0.438.